The van der Waals surface area contributed by atoms with Crippen LogP contribution < -0.4 is 0 Å². The summed E-state index contributed by atoms with van der Waals surface area (Å²) in [6, 6.07) is 9.97. The summed E-state index contributed by atoms with van der Waals surface area (Å²) in [5.41, 5.74) is 2.16. The minimum atomic E-state index is -0.226. The second kappa shape index (κ2) is 6.15. The molecule has 1 heterocycles. The lowest BCUT2D eigenvalue weighted by Gasteiger charge is -2.15. The summed E-state index contributed by atoms with van der Waals surface area (Å²) < 4.78 is 6.44. The van der Waals surface area contributed by atoms with Crippen molar-refractivity contribution in [3.05, 3.63) is 48.3 Å². The summed E-state index contributed by atoms with van der Waals surface area (Å²) in [6.07, 6.45) is 3.65. The Kier molecular flexibility index (Phi) is 4.30. The van der Waals surface area contributed by atoms with Gasteiger partial charge in [-0.1, -0.05) is 12.1 Å². The molecule has 0 saturated carbocycles. The fourth-order valence-electron chi connectivity index (χ4n) is 1.83. The molecule has 1 aromatic carbocycles. The summed E-state index contributed by atoms with van der Waals surface area (Å²) in [6.45, 7) is 0.992. The molecule has 2 rings (SSSR count). The molecular weight excluding hydrogens is 242 g/mol. The number of benzene rings is 1. The number of hydrogen-bond acceptors (Lipinski definition) is 4. The van der Waals surface area contributed by atoms with Crippen LogP contribution in [0.5, 0.6) is 0 Å². The molecule has 0 bridgehead atoms. The Balaban J connectivity index is 1.97. The molecule has 0 unspecified atom stereocenters. The first-order chi connectivity index (χ1) is 9.19. The predicted molar refractivity (Wildman–Crippen MR) is 71.9 cm³/mol. The van der Waals surface area contributed by atoms with E-state index < -0.39 is 0 Å². The number of carbonyl (C=O) groups is 1. The number of likely N-dealkylation sites (N-methyl/N-ethyl adjacent to an activating group) is 1. The first-order valence-corrected chi connectivity index (χ1v) is 6.03. The number of rotatable bonds is 5. The highest BCUT2D eigenvalue weighted by Crippen LogP contribution is 2.10. The van der Waals surface area contributed by atoms with Crippen LogP contribution >= 0.6 is 0 Å². The number of ether oxygens (including phenoxy) is 1. The second-order valence-electron chi connectivity index (χ2n) is 4.37. The molecule has 1 aromatic heterocycles. The van der Waals surface area contributed by atoms with E-state index in [2.05, 4.69) is 9.84 Å². The van der Waals surface area contributed by atoms with E-state index in [0.29, 0.717) is 6.54 Å². The van der Waals surface area contributed by atoms with E-state index in [1.54, 1.807) is 6.20 Å². The number of methoxy groups -OCH3 is 1. The zero-order valence-corrected chi connectivity index (χ0v) is 11.1. The maximum atomic E-state index is 11.1. The van der Waals surface area contributed by atoms with Crippen molar-refractivity contribution in [2.24, 2.45) is 0 Å². The molecule has 0 aliphatic carbocycles. The van der Waals surface area contributed by atoms with Gasteiger partial charge in [0.2, 0.25) is 0 Å². The molecule has 0 fully saturated rings. The zero-order chi connectivity index (χ0) is 13.7. The zero-order valence-electron chi connectivity index (χ0n) is 11.1. The molecule has 100 valence electrons. The average Bonchev–Trinajstić information content (AvgIpc) is 2.93. The molecule has 0 aliphatic heterocycles. The minimum absolute atomic E-state index is 0.226. The van der Waals surface area contributed by atoms with Crippen molar-refractivity contribution >= 4 is 5.97 Å². The van der Waals surface area contributed by atoms with Crippen LogP contribution in [0.15, 0.2) is 42.7 Å². The second-order valence-corrected chi connectivity index (χ2v) is 4.37. The van der Waals surface area contributed by atoms with Crippen molar-refractivity contribution in [2.75, 3.05) is 20.7 Å². The molecule has 0 atom stereocenters. The Morgan fingerprint density at radius 1 is 1.37 bits per heavy atom. The summed E-state index contributed by atoms with van der Waals surface area (Å²) in [5.74, 6) is -0.226. The first kappa shape index (κ1) is 13.3. The monoisotopic (exact) mass is 259 g/mol. The predicted octanol–water partition coefficient (Wildman–Crippen LogP) is 1.48. The van der Waals surface area contributed by atoms with Gasteiger partial charge < -0.3 is 4.74 Å². The van der Waals surface area contributed by atoms with Gasteiger partial charge >= 0.3 is 5.97 Å². The van der Waals surface area contributed by atoms with E-state index in [4.69, 9.17) is 0 Å². The third kappa shape index (κ3) is 3.66. The Labute approximate surface area is 112 Å². The number of aromatic nitrogens is 2. The molecule has 5 heteroatoms. The van der Waals surface area contributed by atoms with Gasteiger partial charge in [-0.3, -0.25) is 9.69 Å². The van der Waals surface area contributed by atoms with Gasteiger partial charge in [0.15, 0.2) is 0 Å². The van der Waals surface area contributed by atoms with Gasteiger partial charge in [-0.25, -0.2) is 4.68 Å². The molecule has 2 aromatic rings. The highest BCUT2D eigenvalue weighted by Gasteiger charge is 2.06. The van der Waals surface area contributed by atoms with Crippen LogP contribution in [0, 0.1) is 0 Å². The number of esters is 1. The molecular formula is C14H17N3O2. The van der Waals surface area contributed by atoms with Crippen LogP contribution in [-0.2, 0) is 16.1 Å². The Bertz CT molecular complexity index is 520. The third-order valence-corrected chi connectivity index (χ3v) is 2.78. The summed E-state index contributed by atoms with van der Waals surface area (Å²) >= 11 is 0. The highest BCUT2D eigenvalue weighted by atomic mass is 16.5. The summed E-state index contributed by atoms with van der Waals surface area (Å²) in [4.78, 5) is 13.1. The quantitative estimate of drug-likeness (QED) is 0.763. The molecule has 5 nitrogen and oxygen atoms in total. The maximum Gasteiger partial charge on any atom is 0.319 e. The lowest BCUT2D eigenvalue weighted by molar-refractivity contribution is -0.141. The van der Waals surface area contributed by atoms with Gasteiger partial charge in [0, 0.05) is 18.9 Å². The van der Waals surface area contributed by atoms with Crippen LogP contribution in [0.2, 0.25) is 0 Å². The molecule has 0 N–H and O–H groups in total. The van der Waals surface area contributed by atoms with Crippen molar-refractivity contribution in [3.63, 3.8) is 0 Å². The van der Waals surface area contributed by atoms with Crippen LogP contribution in [-0.4, -0.2) is 41.4 Å². The van der Waals surface area contributed by atoms with Gasteiger partial charge in [0.05, 0.1) is 19.3 Å². The molecule has 0 spiro atoms. The van der Waals surface area contributed by atoms with E-state index in [0.717, 1.165) is 11.3 Å². The van der Waals surface area contributed by atoms with Crippen LogP contribution in [0.4, 0.5) is 0 Å². The molecule has 0 radical (unpaired) electrons. The summed E-state index contributed by atoms with van der Waals surface area (Å²) in [7, 11) is 3.29. The van der Waals surface area contributed by atoms with Gasteiger partial charge in [-0.2, -0.15) is 5.10 Å². The average molecular weight is 259 g/mol. The van der Waals surface area contributed by atoms with Crippen molar-refractivity contribution in [1.82, 2.24) is 14.7 Å². The van der Waals surface area contributed by atoms with Gasteiger partial charge in [-0.05, 0) is 30.8 Å². The fourth-order valence-corrected chi connectivity index (χ4v) is 1.83. The Morgan fingerprint density at radius 2 is 2.11 bits per heavy atom. The lowest BCUT2D eigenvalue weighted by atomic mass is 10.2. The first-order valence-electron chi connectivity index (χ1n) is 6.03. The number of carbonyl (C=O) groups excluding carboxylic acids is 1. The van der Waals surface area contributed by atoms with Crippen molar-refractivity contribution in [2.45, 2.75) is 6.54 Å². The van der Waals surface area contributed by atoms with Crippen LogP contribution in [0.3, 0.4) is 0 Å². The van der Waals surface area contributed by atoms with Crippen LogP contribution in [0.25, 0.3) is 5.69 Å². The number of hydrogen-bond donors (Lipinski definition) is 0. The lowest BCUT2D eigenvalue weighted by Crippen LogP contribution is -2.26. The van der Waals surface area contributed by atoms with Crippen molar-refractivity contribution < 1.29 is 9.53 Å². The van der Waals surface area contributed by atoms with E-state index in [1.807, 2.05) is 53.2 Å². The van der Waals surface area contributed by atoms with Crippen molar-refractivity contribution in [1.29, 1.82) is 0 Å². The Hall–Kier alpha value is -2.14. The largest absolute Gasteiger partial charge is 0.468 e. The Morgan fingerprint density at radius 3 is 2.68 bits per heavy atom. The van der Waals surface area contributed by atoms with Gasteiger partial charge in [0.1, 0.15) is 0 Å². The highest BCUT2D eigenvalue weighted by molar-refractivity contribution is 5.71. The standard InChI is InChI=1S/C14H17N3O2/c1-16(11-14(18)19-2)10-12-4-6-13(7-5-12)17-9-3-8-15-17/h3-9H,10-11H2,1-2H3. The molecule has 19 heavy (non-hydrogen) atoms. The fraction of sp³-hybridized carbons (Fsp3) is 0.286. The summed E-state index contributed by atoms with van der Waals surface area (Å²) in [5, 5.41) is 4.17. The van der Waals surface area contributed by atoms with Gasteiger partial charge in [0.25, 0.3) is 0 Å². The molecule has 0 aliphatic rings. The van der Waals surface area contributed by atoms with Crippen molar-refractivity contribution in [3.8, 4) is 5.69 Å². The van der Waals surface area contributed by atoms with E-state index in [1.165, 1.54) is 7.11 Å². The topological polar surface area (TPSA) is 47.4 Å². The maximum absolute atomic E-state index is 11.1. The van der Waals surface area contributed by atoms with E-state index in [-0.39, 0.29) is 12.5 Å². The molecule has 0 saturated heterocycles. The van der Waals surface area contributed by atoms with E-state index in [9.17, 15) is 4.79 Å². The molecule has 0 amide bonds. The minimum Gasteiger partial charge on any atom is -0.468 e. The normalized spacial score (nSPS) is 10.7. The van der Waals surface area contributed by atoms with Crippen LogP contribution in [0.1, 0.15) is 5.56 Å². The van der Waals surface area contributed by atoms with E-state index >= 15 is 0 Å². The smallest absolute Gasteiger partial charge is 0.319 e. The number of nitrogens with zero attached hydrogens (tertiary/aromatic N) is 3. The third-order valence-electron chi connectivity index (χ3n) is 2.78. The SMILES string of the molecule is COC(=O)CN(C)Cc1ccc(-n2cccn2)cc1. The van der Waals surface area contributed by atoms with Gasteiger partial charge in [-0.15, -0.1) is 0 Å².